The molecule has 1 rings (SSSR count). The number of hydrogen-bond acceptors (Lipinski definition) is 1. The Morgan fingerprint density at radius 1 is 1.42 bits per heavy atom. The smallest absolute Gasteiger partial charge is 0.205 e. The van der Waals surface area contributed by atoms with Crippen LogP contribution in [0, 0.1) is 5.82 Å². The lowest BCUT2D eigenvalue weighted by Gasteiger charge is -2.02. The van der Waals surface area contributed by atoms with Gasteiger partial charge in [-0.25, -0.2) is 4.39 Å². The highest BCUT2D eigenvalue weighted by Gasteiger charge is 2.36. The third kappa shape index (κ3) is 1.60. The summed E-state index contributed by atoms with van der Waals surface area (Å²) in [4.78, 5) is -1.13. The Morgan fingerprint density at radius 3 is 2.25 bits per heavy atom. The van der Waals surface area contributed by atoms with Crippen molar-refractivity contribution in [2.24, 2.45) is 0 Å². The van der Waals surface area contributed by atoms with Gasteiger partial charge in [-0.15, -0.1) is 11.3 Å². The zero-order valence-electron chi connectivity index (χ0n) is 6.20. The highest BCUT2D eigenvalue weighted by Crippen LogP contribution is 2.36. The van der Waals surface area contributed by atoms with Crippen LogP contribution >= 0.6 is 11.3 Å². The molecule has 0 aromatic carbocycles. The van der Waals surface area contributed by atoms with Crippen LogP contribution in [0.4, 0.5) is 17.6 Å². The summed E-state index contributed by atoms with van der Waals surface area (Å²) in [6.07, 6.45) is -4.26. The van der Waals surface area contributed by atoms with Gasteiger partial charge in [0.05, 0.1) is 0 Å². The Morgan fingerprint density at radius 2 is 2.00 bits per heavy atom. The van der Waals surface area contributed by atoms with Crippen LogP contribution in [0.25, 0.3) is 0 Å². The second-order valence-electron chi connectivity index (χ2n) is 2.26. The molecule has 5 heteroatoms. The summed E-state index contributed by atoms with van der Waals surface area (Å²) in [7, 11) is 0. The van der Waals surface area contributed by atoms with E-state index in [-0.39, 0.29) is 5.56 Å². The van der Waals surface area contributed by atoms with Crippen molar-refractivity contribution < 1.29 is 17.6 Å². The van der Waals surface area contributed by atoms with Crippen molar-refractivity contribution in [3.63, 3.8) is 0 Å². The Balaban J connectivity index is 3.11. The lowest BCUT2D eigenvalue weighted by molar-refractivity contribution is -0.136. The van der Waals surface area contributed by atoms with Crippen molar-refractivity contribution in [1.82, 2.24) is 0 Å². The predicted molar refractivity (Wildman–Crippen MR) is 38.7 cm³/mol. The molecule has 0 radical (unpaired) electrons. The molecule has 0 fully saturated rings. The third-order valence-corrected chi connectivity index (χ3v) is 2.49. The molecular formula is C7H6F4S. The van der Waals surface area contributed by atoms with E-state index in [1.165, 1.54) is 5.38 Å². The van der Waals surface area contributed by atoms with Gasteiger partial charge < -0.3 is 0 Å². The quantitative estimate of drug-likeness (QED) is 0.606. The van der Waals surface area contributed by atoms with Crippen molar-refractivity contribution in [2.75, 3.05) is 0 Å². The van der Waals surface area contributed by atoms with E-state index in [4.69, 9.17) is 0 Å². The fourth-order valence-corrected chi connectivity index (χ4v) is 1.71. The molecule has 1 aromatic rings. The molecule has 0 aliphatic carbocycles. The summed E-state index contributed by atoms with van der Waals surface area (Å²) < 4.78 is 48.7. The first kappa shape index (κ1) is 9.51. The van der Waals surface area contributed by atoms with Crippen molar-refractivity contribution in [2.45, 2.75) is 19.5 Å². The number of hydrogen-bond donors (Lipinski definition) is 0. The molecule has 0 saturated heterocycles. The van der Waals surface area contributed by atoms with Gasteiger partial charge >= 0.3 is 6.18 Å². The average molecular weight is 198 g/mol. The zero-order valence-corrected chi connectivity index (χ0v) is 7.02. The third-order valence-electron chi connectivity index (χ3n) is 1.44. The van der Waals surface area contributed by atoms with Gasteiger partial charge in [-0.2, -0.15) is 13.2 Å². The Kier molecular flexibility index (Phi) is 2.41. The number of thiophene rings is 1. The molecular weight excluding hydrogens is 192 g/mol. The van der Waals surface area contributed by atoms with E-state index in [1.54, 1.807) is 6.92 Å². The van der Waals surface area contributed by atoms with Crippen molar-refractivity contribution >= 4 is 11.3 Å². The van der Waals surface area contributed by atoms with Crippen LogP contribution < -0.4 is 0 Å². The molecule has 0 N–H and O–H groups in total. The van der Waals surface area contributed by atoms with E-state index in [1.807, 2.05) is 0 Å². The standard InChI is InChI=1S/C7H6F4S/c1-2-4-3-12-6(5(4)8)7(9,10)11/h3H,2H2,1H3. The average Bonchev–Trinajstić information content (AvgIpc) is 2.29. The zero-order chi connectivity index (χ0) is 9.35. The number of aryl methyl sites for hydroxylation is 1. The van der Waals surface area contributed by atoms with Crippen LogP contribution in [0.5, 0.6) is 0 Å². The Labute approximate surface area is 70.8 Å². The molecule has 1 aromatic heterocycles. The number of halogens is 4. The van der Waals surface area contributed by atoms with E-state index in [0.29, 0.717) is 17.8 Å². The van der Waals surface area contributed by atoms with Crippen LogP contribution in [0.3, 0.4) is 0 Å². The second kappa shape index (κ2) is 3.05. The first-order chi connectivity index (χ1) is 5.46. The molecule has 0 nitrogen and oxygen atoms in total. The summed E-state index contributed by atoms with van der Waals surface area (Å²) in [5.41, 5.74) is 0.132. The Bertz CT molecular complexity index is 273. The first-order valence-electron chi connectivity index (χ1n) is 3.30. The maximum absolute atomic E-state index is 12.8. The molecule has 0 unspecified atom stereocenters. The minimum absolute atomic E-state index is 0.132. The molecule has 68 valence electrons. The lowest BCUT2D eigenvalue weighted by atomic mass is 10.2. The fraction of sp³-hybridized carbons (Fsp3) is 0.429. The van der Waals surface area contributed by atoms with E-state index in [9.17, 15) is 17.6 Å². The topological polar surface area (TPSA) is 0 Å². The van der Waals surface area contributed by atoms with Gasteiger partial charge in [-0.05, 0) is 17.4 Å². The summed E-state index contributed by atoms with van der Waals surface area (Å²) in [5.74, 6) is -1.12. The molecule has 0 bridgehead atoms. The van der Waals surface area contributed by atoms with Gasteiger partial charge in [-0.3, -0.25) is 0 Å². The van der Waals surface area contributed by atoms with Gasteiger partial charge in [0.15, 0.2) is 0 Å². The number of alkyl halides is 3. The van der Waals surface area contributed by atoms with E-state index < -0.39 is 16.9 Å². The molecule has 0 saturated carbocycles. The van der Waals surface area contributed by atoms with E-state index >= 15 is 0 Å². The molecule has 12 heavy (non-hydrogen) atoms. The van der Waals surface area contributed by atoms with Crippen molar-refractivity contribution in [3.8, 4) is 0 Å². The summed E-state index contributed by atoms with van der Waals surface area (Å²) in [6, 6.07) is 0. The normalized spacial score (nSPS) is 12.1. The van der Waals surface area contributed by atoms with E-state index in [2.05, 4.69) is 0 Å². The van der Waals surface area contributed by atoms with Crippen LogP contribution in [0.15, 0.2) is 5.38 Å². The highest BCUT2D eigenvalue weighted by atomic mass is 32.1. The molecule has 1 heterocycles. The first-order valence-corrected chi connectivity index (χ1v) is 4.17. The summed E-state index contributed by atoms with van der Waals surface area (Å²) >= 11 is 0.408. The van der Waals surface area contributed by atoms with Gasteiger partial charge in [0, 0.05) is 0 Å². The highest BCUT2D eigenvalue weighted by molar-refractivity contribution is 7.10. The largest absolute Gasteiger partial charge is 0.428 e. The molecule has 0 atom stereocenters. The predicted octanol–water partition coefficient (Wildman–Crippen LogP) is 3.47. The molecule has 0 amide bonds. The van der Waals surface area contributed by atoms with Crippen LogP contribution in [-0.2, 0) is 12.6 Å². The summed E-state index contributed by atoms with van der Waals surface area (Å²) in [6.45, 7) is 1.62. The second-order valence-corrected chi connectivity index (χ2v) is 3.14. The summed E-state index contributed by atoms with van der Waals surface area (Å²) in [5, 5.41) is 1.21. The van der Waals surface area contributed by atoms with Gasteiger partial charge in [-0.1, -0.05) is 6.92 Å². The van der Waals surface area contributed by atoms with Crippen LogP contribution in [0.1, 0.15) is 17.4 Å². The van der Waals surface area contributed by atoms with E-state index in [0.717, 1.165) is 0 Å². The van der Waals surface area contributed by atoms with Gasteiger partial charge in [0.25, 0.3) is 0 Å². The lowest BCUT2D eigenvalue weighted by Crippen LogP contribution is -2.04. The maximum atomic E-state index is 12.8. The van der Waals surface area contributed by atoms with Gasteiger partial charge in [0.2, 0.25) is 0 Å². The SMILES string of the molecule is CCc1csc(C(F)(F)F)c1F. The Hall–Kier alpha value is -0.580. The molecule has 0 aliphatic heterocycles. The number of rotatable bonds is 1. The molecule has 0 spiro atoms. The van der Waals surface area contributed by atoms with Gasteiger partial charge in [0.1, 0.15) is 10.7 Å². The van der Waals surface area contributed by atoms with Crippen molar-refractivity contribution in [3.05, 3.63) is 21.6 Å². The monoisotopic (exact) mass is 198 g/mol. The van der Waals surface area contributed by atoms with Crippen LogP contribution in [0.2, 0.25) is 0 Å². The fourth-order valence-electron chi connectivity index (χ4n) is 0.809. The van der Waals surface area contributed by atoms with Crippen molar-refractivity contribution in [1.29, 1.82) is 0 Å². The minimum atomic E-state index is -4.55. The minimum Gasteiger partial charge on any atom is -0.205 e. The van der Waals surface area contributed by atoms with Crippen LogP contribution in [-0.4, -0.2) is 0 Å². The molecule has 0 aliphatic rings. The maximum Gasteiger partial charge on any atom is 0.428 e.